The lowest BCUT2D eigenvalue weighted by Gasteiger charge is -2.14. The lowest BCUT2D eigenvalue weighted by molar-refractivity contribution is 0.335. The van der Waals surface area contributed by atoms with Crippen molar-refractivity contribution in [2.24, 2.45) is 0 Å². The number of rotatable bonds is 5. The van der Waals surface area contributed by atoms with Crippen LogP contribution >= 0.6 is 11.6 Å². The topological polar surface area (TPSA) is 15.3 Å². The highest BCUT2D eigenvalue weighted by molar-refractivity contribution is 6.31. The van der Waals surface area contributed by atoms with E-state index in [4.69, 9.17) is 11.6 Å². The molecule has 2 rings (SSSR count). The first kappa shape index (κ1) is 12.8. The summed E-state index contributed by atoms with van der Waals surface area (Å²) in [6.45, 7) is 5.18. The number of halogens is 2. The van der Waals surface area contributed by atoms with Crippen LogP contribution in [-0.4, -0.2) is 31.1 Å². The Balaban J connectivity index is 1.70. The predicted octanol–water partition coefficient (Wildman–Crippen LogP) is 2.66. The highest BCUT2D eigenvalue weighted by atomic mass is 35.5. The van der Waals surface area contributed by atoms with Gasteiger partial charge in [-0.3, -0.25) is 0 Å². The number of hydrogen-bond donors (Lipinski definition) is 1. The largest absolute Gasteiger partial charge is 0.311 e. The molecule has 0 amide bonds. The fourth-order valence-corrected chi connectivity index (χ4v) is 2.37. The van der Waals surface area contributed by atoms with Crippen LogP contribution in [0.25, 0.3) is 0 Å². The van der Waals surface area contributed by atoms with Gasteiger partial charge in [-0.05, 0) is 43.6 Å². The molecule has 1 aliphatic rings. The van der Waals surface area contributed by atoms with Gasteiger partial charge in [0.05, 0.1) is 0 Å². The number of benzene rings is 1. The third-order valence-corrected chi connectivity index (χ3v) is 3.49. The molecule has 0 aromatic heterocycles. The normalized spacial score (nSPS) is 16.6. The quantitative estimate of drug-likeness (QED) is 0.815. The van der Waals surface area contributed by atoms with Crippen molar-refractivity contribution in [3.63, 3.8) is 0 Å². The molecule has 0 bridgehead atoms. The summed E-state index contributed by atoms with van der Waals surface area (Å²) in [5.74, 6) is -0.282. The predicted molar refractivity (Wildman–Crippen MR) is 68.8 cm³/mol. The van der Waals surface area contributed by atoms with Crippen molar-refractivity contribution in [3.05, 3.63) is 34.6 Å². The average molecular weight is 257 g/mol. The summed E-state index contributed by atoms with van der Waals surface area (Å²) >= 11 is 5.95. The maximum Gasteiger partial charge on any atom is 0.124 e. The third-order valence-electron chi connectivity index (χ3n) is 3.13. The minimum absolute atomic E-state index is 0.282. The Kier molecular flexibility index (Phi) is 4.77. The van der Waals surface area contributed by atoms with Gasteiger partial charge in [0.1, 0.15) is 5.82 Å². The van der Waals surface area contributed by atoms with E-state index in [9.17, 15) is 4.39 Å². The van der Waals surface area contributed by atoms with Crippen LogP contribution in [0.15, 0.2) is 18.2 Å². The van der Waals surface area contributed by atoms with E-state index in [0.29, 0.717) is 11.6 Å². The molecule has 0 unspecified atom stereocenters. The average Bonchev–Trinajstić information content (AvgIpc) is 2.79. The fraction of sp³-hybridized carbons (Fsp3) is 0.538. The second kappa shape index (κ2) is 6.34. The second-order valence-corrected chi connectivity index (χ2v) is 4.87. The summed E-state index contributed by atoms with van der Waals surface area (Å²) < 4.78 is 12.8. The molecule has 94 valence electrons. The Morgan fingerprint density at radius 2 is 2.06 bits per heavy atom. The molecule has 0 atom stereocenters. The van der Waals surface area contributed by atoms with Crippen LogP contribution in [0.3, 0.4) is 0 Å². The van der Waals surface area contributed by atoms with Gasteiger partial charge in [0, 0.05) is 24.7 Å². The maximum absolute atomic E-state index is 12.8. The van der Waals surface area contributed by atoms with Gasteiger partial charge in [0.25, 0.3) is 0 Å². The molecule has 1 aliphatic heterocycles. The van der Waals surface area contributed by atoms with Crippen LogP contribution in [0, 0.1) is 5.82 Å². The zero-order valence-electron chi connectivity index (χ0n) is 9.88. The van der Waals surface area contributed by atoms with Gasteiger partial charge < -0.3 is 10.2 Å². The van der Waals surface area contributed by atoms with E-state index in [0.717, 1.165) is 18.7 Å². The summed E-state index contributed by atoms with van der Waals surface area (Å²) in [5, 5.41) is 3.84. The highest BCUT2D eigenvalue weighted by Gasteiger charge is 2.10. The van der Waals surface area contributed by atoms with E-state index >= 15 is 0 Å². The molecule has 1 aromatic carbocycles. The number of nitrogens with zero attached hydrogens (tertiary/aromatic N) is 1. The maximum atomic E-state index is 12.8. The Hall–Kier alpha value is -0.640. The van der Waals surface area contributed by atoms with Crippen molar-refractivity contribution in [1.29, 1.82) is 0 Å². The number of likely N-dealkylation sites (tertiary alicyclic amines) is 1. The van der Waals surface area contributed by atoms with Crippen LogP contribution in [0.1, 0.15) is 18.4 Å². The summed E-state index contributed by atoms with van der Waals surface area (Å²) in [4.78, 5) is 2.46. The minimum atomic E-state index is -0.282. The summed E-state index contributed by atoms with van der Waals surface area (Å²) in [5.41, 5.74) is 0.953. The van der Waals surface area contributed by atoms with Crippen molar-refractivity contribution in [3.8, 4) is 0 Å². The van der Waals surface area contributed by atoms with Gasteiger partial charge in [0.15, 0.2) is 0 Å². The molecule has 0 spiro atoms. The molecule has 1 saturated heterocycles. The van der Waals surface area contributed by atoms with E-state index in [1.165, 1.54) is 38.1 Å². The first-order valence-electron chi connectivity index (χ1n) is 6.13. The SMILES string of the molecule is Fc1ccc(CNCCN2CCCC2)c(Cl)c1. The molecule has 0 radical (unpaired) electrons. The highest BCUT2D eigenvalue weighted by Crippen LogP contribution is 2.16. The molecule has 2 nitrogen and oxygen atoms in total. The van der Waals surface area contributed by atoms with Crippen molar-refractivity contribution in [2.45, 2.75) is 19.4 Å². The van der Waals surface area contributed by atoms with Crippen molar-refractivity contribution in [1.82, 2.24) is 10.2 Å². The Bertz CT molecular complexity index is 364. The van der Waals surface area contributed by atoms with Gasteiger partial charge >= 0.3 is 0 Å². The lowest BCUT2D eigenvalue weighted by atomic mass is 10.2. The van der Waals surface area contributed by atoms with Crippen LogP contribution in [0.5, 0.6) is 0 Å². The zero-order valence-corrected chi connectivity index (χ0v) is 10.6. The number of nitrogens with one attached hydrogen (secondary N) is 1. The molecule has 4 heteroatoms. The van der Waals surface area contributed by atoms with E-state index in [1.54, 1.807) is 6.07 Å². The van der Waals surface area contributed by atoms with Crippen molar-refractivity contribution >= 4 is 11.6 Å². The summed E-state index contributed by atoms with van der Waals surface area (Å²) in [7, 11) is 0. The molecule has 1 fully saturated rings. The van der Waals surface area contributed by atoms with E-state index in [1.807, 2.05) is 0 Å². The molecule has 17 heavy (non-hydrogen) atoms. The Morgan fingerprint density at radius 3 is 2.76 bits per heavy atom. The zero-order chi connectivity index (χ0) is 12.1. The van der Waals surface area contributed by atoms with E-state index in [2.05, 4.69) is 10.2 Å². The van der Waals surface area contributed by atoms with Crippen LogP contribution in [0.2, 0.25) is 5.02 Å². The second-order valence-electron chi connectivity index (χ2n) is 4.46. The van der Waals surface area contributed by atoms with Gasteiger partial charge in [-0.15, -0.1) is 0 Å². The molecule has 0 saturated carbocycles. The summed E-state index contributed by atoms with van der Waals surface area (Å²) in [6, 6.07) is 4.54. The summed E-state index contributed by atoms with van der Waals surface area (Å²) in [6.07, 6.45) is 2.65. The van der Waals surface area contributed by atoms with Gasteiger partial charge in [0.2, 0.25) is 0 Å². The van der Waals surface area contributed by atoms with Gasteiger partial charge in [-0.25, -0.2) is 4.39 Å². The fourth-order valence-electron chi connectivity index (χ4n) is 2.13. The van der Waals surface area contributed by atoms with E-state index < -0.39 is 0 Å². The monoisotopic (exact) mass is 256 g/mol. The molecular weight excluding hydrogens is 239 g/mol. The third kappa shape index (κ3) is 3.95. The first-order valence-corrected chi connectivity index (χ1v) is 6.50. The first-order chi connectivity index (χ1) is 8.25. The van der Waals surface area contributed by atoms with Crippen LogP contribution in [0.4, 0.5) is 4.39 Å². The Labute approximate surface area is 107 Å². The smallest absolute Gasteiger partial charge is 0.124 e. The van der Waals surface area contributed by atoms with Crippen molar-refractivity contribution < 1.29 is 4.39 Å². The van der Waals surface area contributed by atoms with Crippen molar-refractivity contribution in [2.75, 3.05) is 26.2 Å². The molecule has 1 N–H and O–H groups in total. The molecule has 1 aromatic rings. The lowest BCUT2D eigenvalue weighted by Crippen LogP contribution is -2.29. The van der Waals surface area contributed by atoms with Gasteiger partial charge in [-0.1, -0.05) is 17.7 Å². The Morgan fingerprint density at radius 1 is 1.29 bits per heavy atom. The van der Waals surface area contributed by atoms with Crippen LogP contribution in [-0.2, 0) is 6.54 Å². The number of hydrogen-bond acceptors (Lipinski definition) is 2. The van der Waals surface area contributed by atoms with Gasteiger partial charge in [-0.2, -0.15) is 0 Å². The van der Waals surface area contributed by atoms with Crippen LogP contribution < -0.4 is 5.32 Å². The van der Waals surface area contributed by atoms with E-state index in [-0.39, 0.29) is 5.82 Å². The molecule has 0 aliphatic carbocycles. The standard InChI is InChI=1S/C13H18ClFN2/c14-13-9-12(15)4-3-11(13)10-16-5-8-17-6-1-2-7-17/h3-4,9,16H,1-2,5-8,10H2. The molecule has 1 heterocycles. The minimum Gasteiger partial charge on any atom is -0.311 e. The molecular formula is C13H18ClFN2.